The largest absolute Gasteiger partial charge is 0.465 e. The van der Waals surface area contributed by atoms with Gasteiger partial charge in [-0.1, -0.05) is 41.0 Å². The second kappa shape index (κ2) is 6.86. The maximum atomic E-state index is 11.3. The van der Waals surface area contributed by atoms with Crippen LogP contribution in [0.25, 0.3) is 0 Å². The summed E-state index contributed by atoms with van der Waals surface area (Å²) in [6.45, 7) is 11.3. The van der Waals surface area contributed by atoms with Gasteiger partial charge in [0.1, 0.15) is 0 Å². The molecule has 0 aromatic carbocycles. The standard InChI is InChI=1S/C13H26O2/c1-6-13(4,5)9-7-8-12(14)15-10-11(2)3/h11H,6-10H2,1-5H3. The van der Waals surface area contributed by atoms with Crippen molar-refractivity contribution in [1.29, 1.82) is 0 Å². The molecular weight excluding hydrogens is 188 g/mol. The van der Waals surface area contributed by atoms with Crippen LogP contribution in [0.4, 0.5) is 0 Å². The number of ether oxygens (including phenoxy) is 1. The Morgan fingerprint density at radius 2 is 1.93 bits per heavy atom. The van der Waals surface area contributed by atoms with Gasteiger partial charge in [-0.25, -0.2) is 0 Å². The van der Waals surface area contributed by atoms with E-state index >= 15 is 0 Å². The first-order chi connectivity index (χ1) is 6.87. The number of rotatable bonds is 7. The lowest BCUT2D eigenvalue weighted by Crippen LogP contribution is -2.13. The van der Waals surface area contributed by atoms with Crippen LogP contribution in [0.5, 0.6) is 0 Å². The Morgan fingerprint density at radius 3 is 2.40 bits per heavy atom. The van der Waals surface area contributed by atoms with Crippen LogP contribution in [0.15, 0.2) is 0 Å². The molecule has 2 nitrogen and oxygen atoms in total. The van der Waals surface area contributed by atoms with Crippen molar-refractivity contribution in [2.75, 3.05) is 6.61 Å². The fourth-order valence-electron chi connectivity index (χ4n) is 1.22. The average Bonchev–Trinajstić information content (AvgIpc) is 2.14. The van der Waals surface area contributed by atoms with E-state index in [1.165, 1.54) is 0 Å². The molecule has 0 saturated carbocycles. The van der Waals surface area contributed by atoms with Gasteiger partial charge in [0.15, 0.2) is 0 Å². The van der Waals surface area contributed by atoms with E-state index in [4.69, 9.17) is 4.74 Å². The zero-order chi connectivity index (χ0) is 11.9. The lowest BCUT2D eigenvalue weighted by Gasteiger charge is -2.21. The van der Waals surface area contributed by atoms with Gasteiger partial charge in [-0.05, 0) is 24.2 Å². The first-order valence-corrected chi connectivity index (χ1v) is 6.03. The SMILES string of the molecule is CCC(C)(C)CCCC(=O)OCC(C)C. The molecule has 0 spiro atoms. The third-order valence-electron chi connectivity index (χ3n) is 2.77. The van der Waals surface area contributed by atoms with Gasteiger partial charge in [0.25, 0.3) is 0 Å². The number of hydrogen-bond donors (Lipinski definition) is 0. The van der Waals surface area contributed by atoms with Crippen molar-refractivity contribution in [3.05, 3.63) is 0 Å². The van der Waals surface area contributed by atoms with Crippen molar-refractivity contribution in [2.24, 2.45) is 11.3 Å². The molecule has 0 aliphatic carbocycles. The molecule has 90 valence electrons. The molecule has 0 saturated heterocycles. The Hall–Kier alpha value is -0.530. The van der Waals surface area contributed by atoms with Gasteiger partial charge in [-0.3, -0.25) is 4.79 Å². The summed E-state index contributed by atoms with van der Waals surface area (Å²) in [5.74, 6) is 0.386. The van der Waals surface area contributed by atoms with Crippen LogP contribution in [0, 0.1) is 11.3 Å². The van der Waals surface area contributed by atoms with Crippen molar-refractivity contribution in [2.45, 2.75) is 60.3 Å². The first-order valence-electron chi connectivity index (χ1n) is 6.03. The Labute approximate surface area is 94.4 Å². The lowest BCUT2D eigenvalue weighted by atomic mass is 9.85. The van der Waals surface area contributed by atoms with Crippen molar-refractivity contribution in [1.82, 2.24) is 0 Å². The number of carbonyl (C=O) groups excluding carboxylic acids is 1. The van der Waals surface area contributed by atoms with E-state index in [2.05, 4.69) is 20.8 Å². The van der Waals surface area contributed by atoms with Gasteiger partial charge in [-0.2, -0.15) is 0 Å². The topological polar surface area (TPSA) is 26.3 Å². The molecule has 0 N–H and O–H groups in total. The number of hydrogen-bond acceptors (Lipinski definition) is 2. The predicted molar refractivity (Wildman–Crippen MR) is 63.7 cm³/mol. The smallest absolute Gasteiger partial charge is 0.305 e. The maximum Gasteiger partial charge on any atom is 0.305 e. The zero-order valence-corrected chi connectivity index (χ0v) is 10.9. The van der Waals surface area contributed by atoms with Gasteiger partial charge >= 0.3 is 5.97 Å². The Morgan fingerprint density at radius 1 is 1.33 bits per heavy atom. The van der Waals surface area contributed by atoms with Crippen LogP contribution < -0.4 is 0 Å². The molecule has 0 aromatic heterocycles. The average molecular weight is 214 g/mol. The van der Waals surface area contributed by atoms with E-state index in [1.807, 2.05) is 13.8 Å². The second-order valence-corrected chi connectivity index (χ2v) is 5.45. The summed E-state index contributed by atoms with van der Waals surface area (Å²) in [5.41, 5.74) is 0.359. The summed E-state index contributed by atoms with van der Waals surface area (Å²) in [6.07, 6.45) is 3.77. The molecule has 0 radical (unpaired) electrons. The van der Waals surface area contributed by atoms with E-state index in [0.29, 0.717) is 24.4 Å². The van der Waals surface area contributed by atoms with Gasteiger partial charge in [0, 0.05) is 6.42 Å². The summed E-state index contributed by atoms with van der Waals surface area (Å²) in [7, 11) is 0. The molecule has 0 atom stereocenters. The predicted octanol–water partition coefficient (Wildman–Crippen LogP) is 3.79. The van der Waals surface area contributed by atoms with Crippen molar-refractivity contribution < 1.29 is 9.53 Å². The molecule has 0 aliphatic rings. The van der Waals surface area contributed by atoms with Crippen molar-refractivity contribution >= 4 is 5.97 Å². The van der Waals surface area contributed by atoms with E-state index < -0.39 is 0 Å². The summed E-state index contributed by atoms with van der Waals surface area (Å²) in [6, 6.07) is 0. The number of carbonyl (C=O) groups is 1. The Bertz CT molecular complexity index is 183. The van der Waals surface area contributed by atoms with E-state index in [1.54, 1.807) is 0 Å². The summed E-state index contributed by atoms with van der Waals surface area (Å²) >= 11 is 0. The first kappa shape index (κ1) is 14.5. The molecule has 0 aromatic rings. The highest BCUT2D eigenvalue weighted by molar-refractivity contribution is 5.69. The van der Waals surface area contributed by atoms with Gasteiger partial charge in [-0.15, -0.1) is 0 Å². The molecule has 2 heteroatoms. The second-order valence-electron chi connectivity index (χ2n) is 5.45. The Balaban J connectivity index is 3.55. The van der Waals surface area contributed by atoms with Crippen LogP contribution >= 0.6 is 0 Å². The minimum absolute atomic E-state index is 0.0457. The van der Waals surface area contributed by atoms with Gasteiger partial charge in [0.05, 0.1) is 6.61 Å². The van der Waals surface area contributed by atoms with Crippen LogP contribution in [0.1, 0.15) is 60.3 Å². The third-order valence-corrected chi connectivity index (χ3v) is 2.77. The van der Waals surface area contributed by atoms with Crippen LogP contribution in [0.3, 0.4) is 0 Å². The third kappa shape index (κ3) is 8.46. The highest BCUT2D eigenvalue weighted by atomic mass is 16.5. The minimum atomic E-state index is -0.0457. The quantitative estimate of drug-likeness (QED) is 0.603. The molecule has 15 heavy (non-hydrogen) atoms. The highest BCUT2D eigenvalue weighted by Crippen LogP contribution is 2.26. The molecule has 0 rings (SSSR count). The molecule has 0 amide bonds. The zero-order valence-electron chi connectivity index (χ0n) is 10.9. The lowest BCUT2D eigenvalue weighted by molar-refractivity contribution is -0.144. The van der Waals surface area contributed by atoms with E-state index in [-0.39, 0.29) is 5.97 Å². The minimum Gasteiger partial charge on any atom is -0.465 e. The van der Waals surface area contributed by atoms with Crippen molar-refractivity contribution in [3.63, 3.8) is 0 Å². The molecule has 0 unspecified atom stereocenters. The van der Waals surface area contributed by atoms with Gasteiger partial charge < -0.3 is 4.74 Å². The van der Waals surface area contributed by atoms with Gasteiger partial charge in [0.2, 0.25) is 0 Å². The summed E-state index contributed by atoms with van der Waals surface area (Å²) in [5, 5.41) is 0. The van der Waals surface area contributed by atoms with Crippen LogP contribution in [0.2, 0.25) is 0 Å². The normalized spacial score (nSPS) is 11.9. The summed E-state index contributed by atoms with van der Waals surface area (Å²) in [4.78, 5) is 11.3. The van der Waals surface area contributed by atoms with Crippen molar-refractivity contribution in [3.8, 4) is 0 Å². The molecule has 0 fully saturated rings. The van der Waals surface area contributed by atoms with Crippen LogP contribution in [-0.2, 0) is 9.53 Å². The molecular formula is C13H26O2. The fraction of sp³-hybridized carbons (Fsp3) is 0.923. The van der Waals surface area contributed by atoms with E-state index in [0.717, 1.165) is 19.3 Å². The summed E-state index contributed by atoms with van der Waals surface area (Å²) < 4.78 is 5.11. The molecule has 0 bridgehead atoms. The molecule has 0 heterocycles. The molecule has 0 aliphatic heterocycles. The maximum absolute atomic E-state index is 11.3. The van der Waals surface area contributed by atoms with Crippen LogP contribution in [-0.4, -0.2) is 12.6 Å². The Kier molecular flexibility index (Phi) is 6.62. The monoisotopic (exact) mass is 214 g/mol. The van der Waals surface area contributed by atoms with E-state index in [9.17, 15) is 4.79 Å². The number of esters is 1. The highest BCUT2D eigenvalue weighted by Gasteiger charge is 2.15. The fourth-order valence-corrected chi connectivity index (χ4v) is 1.22.